The Morgan fingerprint density at radius 2 is 1.80 bits per heavy atom. The Morgan fingerprint density at radius 1 is 1.07 bits per heavy atom. The van der Waals surface area contributed by atoms with E-state index in [1.54, 1.807) is 0 Å². The van der Waals surface area contributed by atoms with Gasteiger partial charge in [-0.2, -0.15) is 0 Å². The number of aromatic amines is 1. The van der Waals surface area contributed by atoms with E-state index in [2.05, 4.69) is 48.1 Å². The topological polar surface area (TPSA) is 28.7 Å². The smallest absolute Gasteiger partial charge is 0.106 e. The minimum Gasteiger partial charge on any atom is -0.342 e. The summed E-state index contributed by atoms with van der Waals surface area (Å²) in [5.74, 6) is 1.05. The molecule has 1 heterocycles. The van der Waals surface area contributed by atoms with Gasteiger partial charge in [0.25, 0.3) is 0 Å². The molecule has 78 valence electrons. The SMILES string of the molecule is CCc1ccc(-c2cnc(CC)[nH]2)cc1. The fraction of sp³-hybridized carbons (Fsp3) is 0.308. The summed E-state index contributed by atoms with van der Waals surface area (Å²) in [6.45, 7) is 4.27. The van der Waals surface area contributed by atoms with Crippen molar-refractivity contribution in [2.45, 2.75) is 26.7 Å². The van der Waals surface area contributed by atoms with E-state index in [0.29, 0.717) is 0 Å². The molecule has 0 aliphatic heterocycles. The van der Waals surface area contributed by atoms with Crippen LogP contribution >= 0.6 is 0 Å². The largest absolute Gasteiger partial charge is 0.342 e. The zero-order valence-electron chi connectivity index (χ0n) is 9.25. The number of nitrogens with one attached hydrogen (secondary N) is 1. The number of benzene rings is 1. The van der Waals surface area contributed by atoms with Crippen molar-refractivity contribution in [2.75, 3.05) is 0 Å². The van der Waals surface area contributed by atoms with Gasteiger partial charge in [0.05, 0.1) is 11.9 Å². The number of aromatic nitrogens is 2. The van der Waals surface area contributed by atoms with Crippen LogP contribution < -0.4 is 0 Å². The van der Waals surface area contributed by atoms with E-state index in [0.717, 1.165) is 24.4 Å². The van der Waals surface area contributed by atoms with Crippen LogP contribution in [0.4, 0.5) is 0 Å². The molecule has 0 radical (unpaired) electrons. The van der Waals surface area contributed by atoms with Crippen molar-refractivity contribution < 1.29 is 0 Å². The van der Waals surface area contributed by atoms with Gasteiger partial charge in [-0.25, -0.2) is 4.98 Å². The van der Waals surface area contributed by atoms with Crippen molar-refractivity contribution in [3.63, 3.8) is 0 Å². The van der Waals surface area contributed by atoms with Crippen LogP contribution in [-0.2, 0) is 12.8 Å². The lowest BCUT2D eigenvalue weighted by atomic mass is 10.1. The summed E-state index contributed by atoms with van der Waals surface area (Å²) >= 11 is 0. The molecular formula is C13H16N2. The van der Waals surface area contributed by atoms with Crippen LogP contribution in [0.2, 0.25) is 0 Å². The fourth-order valence-corrected chi connectivity index (χ4v) is 1.61. The van der Waals surface area contributed by atoms with Gasteiger partial charge in [-0.1, -0.05) is 38.1 Å². The molecule has 0 bridgehead atoms. The van der Waals surface area contributed by atoms with Crippen molar-refractivity contribution in [3.05, 3.63) is 41.9 Å². The van der Waals surface area contributed by atoms with Gasteiger partial charge in [-0.05, 0) is 17.5 Å². The molecule has 2 aromatic rings. The van der Waals surface area contributed by atoms with Crippen molar-refractivity contribution in [3.8, 4) is 11.3 Å². The Balaban J connectivity index is 2.28. The second kappa shape index (κ2) is 4.30. The highest BCUT2D eigenvalue weighted by Crippen LogP contribution is 2.17. The average molecular weight is 200 g/mol. The van der Waals surface area contributed by atoms with Gasteiger partial charge in [0.1, 0.15) is 5.82 Å². The first-order valence-electron chi connectivity index (χ1n) is 5.46. The molecule has 0 spiro atoms. The standard InChI is InChI=1S/C13H16N2/c1-3-10-5-7-11(8-6-10)12-9-14-13(4-2)15-12/h5-9H,3-4H2,1-2H3,(H,14,15). The number of hydrogen-bond donors (Lipinski definition) is 1. The van der Waals surface area contributed by atoms with Crippen LogP contribution in [0.1, 0.15) is 25.2 Å². The van der Waals surface area contributed by atoms with Crippen molar-refractivity contribution >= 4 is 0 Å². The summed E-state index contributed by atoms with van der Waals surface area (Å²) < 4.78 is 0. The molecule has 0 amide bonds. The maximum Gasteiger partial charge on any atom is 0.106 e. The van der Waals surface area contributed by atoms with E-state index < -0.39 is 0 Å². The fourth-order valence-electron chi connectivity index (χ4n) is 1.61. The Hall–Kier alpha value is -1.57. The Labute approximate surface area is 90.4 Å². The van der Waals surface area contributed by atoms with Crippen LogP contribution in [-0.4, -0.2) is 9.97 Å². The first-order chi connectivity index (χ1) is 7.33. The molecule has 15 heavy (non-hydrogen) atoms. The molecule has 1 aromatic carbocycles. The second-order valence-electron chi connectivity index (χ2n) is 3.65. The molecule has 0 aliphatic carbocycles. The zero-order valence-corrected chi connectivity index (χ0v) is 9.25. The number of rotatable bonds is 3. The zero-order chi connectivity index (χ0) is 10.7. The molecule has 0 saturated heterocycles. The summed E-state index contributed by atoms with van der Waals surface area (Å²) in [5, 5.41) is 0. The van der Waals surface area contributed by atoms with E-state index in [1.807, 2.05) is 6.20 Å². The summed E-state index contributed by atoms with van der Waals surface area (Å²) in [5.41, 5.74) is 3.68. The highest BCUT2D eigenvalue weighted by Gasteiger charge is 2.01. The van der Waals surface area contributed by atoms with Crippen LogP contribution in [0, 0.1) is 0 Å². The third-order valence-electron chi connectivity index (χ3n) is 2.64. The molecule has 0 unspecified atom stereocenters. The highest BCUT2D eigenvalue weighted by atomic mass is 14.9. The lowest BCUT2D eigenvalue weighted by Crippen LogP contribution is -1.83. The Bertz CT molecular complexity index is 426. The molecule has 1 N–H and O–H groups in total. The molecule has 0 fully saturated rings. The maximum absolute atomic E-state index is 4.30. The van der Waals surface area contributed by atoms with Crippen molar-refractivity contribution in [1.82, 2.24) is 9.97 Å². The van der Waals surface area contributed by atoms with Gasteiger partial charge in [0.2, 0.25) is 0 Å². The number of imidazole rings is 1. The number of nitrogens with zero attached hydrogens (tertiary/aromatic N) is 1. The van der Waals surface area contributed by atoms with E-state index in [4.69, 9.17) is 0 Å². The van der Waals surface area contributed by atoms with Gasteiger partial charge in [-0.3, -0.25) is 0 Å². The molecule has 2 rings (SSSR count). The van der Waals surface area contributed by atoms with Crippen LogP contribution in [0.25, 0.3) is 11.3 Å². The maximum atomic E-state index is 4.30. The lowest BCUT2D eigenvalue weighted by molar-refractivity contribution is 0.990. The van der Waals surface area contributed by atoms with Gasteiger partial charge >= 0.3 is 0 Å². The molecule has 0 saturated carbocycles. The monoisotopic (exact) mass is 200 g/mol. The van der Waals surface area contributed by atoms with E-state index in [-0.39, 0.29) is 0 Å². The predicted octanol–water partition coefficient (Wildman–Crippen LogP) is 3.20. The average Bonchev–Trinajstić information content (AvgIpc) is 2.78. The van der Waals surface area contributed by atoms with Crippen molar-refractivity contribution in [2.24, 2.45) is 0 Å². The number of aryl methyl sites for hydroxylation is 2. The van der Waals surface area contributed by atoms with E-state index in [9.17, 15) is 0 Å². The third kappa shape index (κ3) is 2.09. The van der Waals surface area contributed by atoms with Crippen LogP contribution in [0.5, 0.6) is 0 Å². The second-order valence-corrected chi connectivity index (χ2v) is 3.65. The Morgan fingerprint density at radius 3 is 2.33 bits per heavy atom. The molecule has 2 heteroatoms. The summed E-state index contributed by atoms with van der Waals surface area (Å²) in [7, 11) is 0. The first-order valence-corrected chi connectivity index (χ1v) is 5.46. The Kier molecular flexibility index (Phi) is 2.86. The first kappa shape index (κ1) is 9.97. The van der Waals surface area contributed by atoms with Gasteiger partial charge in [0.15, 0.2) is 0 Å². The lowest BCUT2D eigenvalue weighted by Gasteiger charge is -1.99. The normalized spacial score (nSPS) is 10.5. The summed E-state index contributed by atoms with van der Waals surface area (Å²) in [4.78, 5) is 7.60. The molecule has 0 atom stereocenters. The van der Waals surface area contributed by atoms with Crippen LogP contribution in [0.15, 0.2) is 30.5 Å². The van der Waals surface area contributed by atoms with Crippen molar-refractivity contribution in [1.29, 1.82) is 0 Å². The van der Waals surface area contributed by atoms with E-state index in [1.165, 1.54) is 11.1 Å². The third-order valence-corrected chi connectivity index (χ3v) is 2.64. The molecule has 1 aromatic heterocycles. The van der Waals surface area contributed by atoms with Gasteiger partial charge in [-0.15, -0.1) is 0 Å². The molecule has 2 nitrogen and oxygen atoms in total. The predicted molar refractivity (Wildman–Crippen MR) is 62.8 cm³/mol. The summed E-state index contributed by atoms with van der Waals surface area (Å²) in [6, 6.07) is 8.63. The number of H-pyrrole nitrogens is 1. The quantitative estimate of drug-likeness (QED) is 0.809. The molecule has 0 aliphatic rings. The minimum absolute atomic E-state index is 0.951. The van der Waals surface area contributed by atoms with Gasteiger partial charge < -0.3 is 4.98 Å². The van der Waals surface area contributed by atoms with E-state index >= 15 is 0 Å². The summed E-state index contributed by atoms with van der Waals surface area (Å²) in [6.07, 6.45) is 3.94. The molecular weight excluding hydrogens is 184 g/mol. The highest BCUT2D eigenvalue weighted by molar-refractivity contribution is 5.58. The van der Waals surface area contributed by atoms with Crippen LogP contribution in [0.3, 0.4) is 0 Å². The number of hydrogen-bond acceptors (Lipinski definition) is 1. The minimum atomic E-state index is 0.951. The van der Waals surface area contributed by atoms with Gasteiger partial charge in [0, 0.05) is 6.42 Å².